The van der Waals surface area contributed by atoms with Crippen molar-refractivity contribution in [3.63, 3.8) is 0 Å². The maximum atomic E-state index is 5.36. The zero-order valence-electron chi connectivity index (χ0n) is 12.3. The third kappa shape index (κ3) is 3.97. The van der Waals surface area contributed by atoms with Gasteiger partial charge >= 0.3 is 0 Å². The van der Waals surface area contributed by atoms with Crippen molar-refractivity contribution in [3.8, 4) is 0 Å². The number of hydrogen-bond donors (Lipinski definition) is 1. The number of fused-ring (bicyclic) bond motifs is 1. The van der Waals surface area contributed by atoms with Gasteiger partial charge in [-0.25, -0.2) is 0 Å². The van der Waals surface area contributed by atoms with Crippen LogP contribution in [-0.2, 0) is 11.3 Å². The van der Waals surface area contributed by atoms with Crippen LogP contribution in [0.3, 0.4) is 0 Å². The molecule has 5 heteroatoms. The lowest BCUT2D eigenvalue weighted by Gasteiger charge is -2.26. The summed E-state index contributed by atoms with van der Waals surface area (Å²) < 4.78 is 5.36. The van der Waals surface area contributed by atoms with Crippen molar-refractivity contribution in [2.45, 2.75) is 13.0 Å². The molecule has 0 atom stereocenters. The van der Waals surface area contributed by atoms with Crippen molar-refractivity contribution in [1.82, 2.24) is 20.2 Å². The van der Waals surface area contributed by atoms with Crippen molar-refractivity contribution in [3.05, 3.63) is 36.2 Å². The summed E-state index contributed by atoms with van der Waals surface area (Å²) >= 11 is 0. The van der Waals surface area contributed by atoms with Crippen molar-refractivity contribution in [2.24, 2.45) is 0 Å². The van der Waals surface area contributed by atoms with E-state index < -0.39 is 0 Å². The van der Waals surface area contributed by atoms with Gasteiger partial charge in [0.1, 0.15) is 0 Å². The van der Waals surface area contributed by atoms with Gasteiger partial charge in [-0.2, -0.15) is 0 Å². The number of rotatable bonds is 6. The van der Waals surface area contributed by atoms with Crippen molar-refractivity contribution >= 4 is 11.0 Å². The standard InChI is InChI=1S/C16H22N4O/c1-3-14(16-15(4-1)18-6-7-19-16)13-17-5-2-8-20-9-11-21-12-10-20/h1,3-4,6-7,17H,2,5,8-13H2. The molecule has 5 nitrogen and oxygen atoms in total. The minimum absolute atomic E-state index is 0.846. The minimum atomic E-state index is 0.846. The largest absolute Gasteiger partial charge is 0.379 e. The molecule has 1 aromatic heterocycles. The van der Waals surface area contributed by atoms with Gasteiger partial charge in [-0.3, -0.25) is 14.9 Å². The molecule has 1 aromatic carbocycles. The third-order valence-electron chi connectivity index (χ3n) is 3.83. The second-order valence-corrected chi connectivity index (χ2v) is 5.33. The molecule has 0 bridgehead atoms. The first-order chi connectivity index (χ1) is 10.4. The Morgan fingerprint density at radius 2 is 2.00 bits per heavy atom. The van der Waals surface area contributed by atoms with Gasteiger partial charge in [-0.1, -0.05) is 12.1 Å². The van der Waals surface area contributed by atoms with Gasteiger partial charge in [0.05, 0.1) is 24.2 Å². The summed E-state index contributed by atoms with van der Waals surface area (Å²) in [7, 11) is 0. The fourth-order valence-corrected chi connectivity index (χ4v) is 2.67. The van der Waals surface area contributed by atoms with Crippen LogP contribution in [0.4, 0.5) is 0 Å². The predicted molar refractivity (Wildman–Crippen MR) is 83.1 cm³/mol. The van der Waals surface area contributed by atoms with E-state index in [1.54, 1.807) is 12.4 Å². The number of nitrogens with zero attached hydrogens (tertiary/aromatic N) is 3. The van der Waals surface area contributed by atoms with E-state index in [9.17, 15) is 0 Å². The van der Waals surface area contributed by atoms with Crippen molar-refractivity contribution < 1.29 is 4.74 Å². The van der Waals surface area contributed by atoms with E-state index in [-0.39, 0.29) is 0 Å². The Morgan fingerprint density at radius 3 is 2.90 bits per heavy atom. The molecule has 21 heavy (non-hydrogen) atoms. The molecule has 1 fully saturated rings. The van der Waals surface area contributed by atoms with Crippen LogP contribution in [-0.4, -0.2) is 54.3 Å². The molecular weight excluding hydrogens is 264 g/mol. The van der Waals surface area contributed by atoms with Crippen LogP contribution in [0.1, 0.15) is 12.0 Å². The number of para-hydroxylation sites is 1. The molecule has 1 saturated heterocycles. The molecule has 0 aliphatic carbocycles. The molecule has 0 radical (unpaired) electrons. The normalized spacial score (nSPS) is 16.4. The second-order valence-electron chi connectivity index (χ2n) is 5.33. The highest BCUT2D eigenvalue weighted by molar-refractivity contribution is 5.77. The second kappa shape index (κ2) is 7.45. The molecule has 2 aromatic rings. The van der Waals surface area contributed by atoms with Crippen LogP contribution in [0.15, 0.2) is 30.6 Å². The Kier molecular flexibility index (Phi) is 5.10. The summed E-state index contributed by atoms with van der Waals surface area (Å²) in [6.07, 6.45) is 4.66. The van der Waals surface area contributed by atoms with Gasteiger partial charge in [0.25, 0.3) is 0 Å². The molecule has 112 valence electrons. The van der Waals surface area contributed by atoms with E-state index >= 15 is 0 Å². The van der Waals surface area contributed by atoms with Crippen molar-refractivity contribution in [2.75, 3.05) is 39.4 Å². The van der Waals surface area contributed by atoms with E-state index in [4.69, 9.17) is 4.74 Å². The highest BCUT2D eigenvalue weighted by Gasteiger charge is 2.09. The Balaban J connectivity index is 1.44. The molecule has 2 heterocycles. The number of ether oxygens (including phenoxy) is 1. The monoisotopic (exact) mass is 286 g/mol. The van der Waals surface area contributed by atoms with Gasteiger partial charge in [0.2, 0.25) is 0 Å². The first-order valence-electron chi connectivity index (χ1n) is 7.63. The van der Waals surface area contributed by atoms with E-state index in [0.717, 1.165) is 63.4 Å². The third-order valence-corrected chi connectivity index (χ3v) is 3.83. The maximum absolute atomic E-state index is 5.36. The first kappa shape index (κ1) is 14.4. The number of nitrogens with one attached hydrogen (secondary N) is 1. The van der Waals surface area contributed by atoms with Crippen LogP contribution in [0.2, 0.25) is 0 Å². The molecule has 1 aliphatic heterocycles. The van der Waals surface area contributed by atoms with Gasteiger partial charge in [0, 0.05) is 32.0 Å². The Bertz CT molecular complexity index is 564. The summed E-state index contributed by atoms with van der Waals surface area (Å²) in [6.45, 7) is 6.90. The lowest BCUT2D eigenvalue weighted by Crippen LogP contribution is -2.37. The van der Waals surface area contributed by atoms with Gasteiger partial charge in [0.15, 0.2) is 0 Å². The highest BCUT2D eigenvalue weighted by Crippen LogP contribution is 2.13. The van der Waals surface area contributed by atoms with Gasteiger partial charge < -0.3 is 10.1 Å². The average Bonchev–Trinajstić information content (AvgIpc) is 2.56. The molecule has 0 amide bonds. The summed E-state index contributed by atoms with van der Waals surface area (Å²) in [5.74, 6) is 0. The van der Waals surface area contributed by atoms with Crippen LogP contribution in [0, 0.1) is 0 Å². The molecular formula is C16H22N4O. The molecule has 1 aliphatic rings. The first-order valence-corrected chi connectivity index (χ1v) is 7.63. The van der Waals surface area contributed by atoms with E-state index in [2.05, 4.69) is 26.3 Å². The Labute approximate surface area is 125 Å². The van der Waals surface area contributed by atoms with Gasteiger partial charge in [-0.15, -0.1) is 0 Å². The number of benzene rings is 1. The van der Waals surface area contributed by atoms with Crippen LogP contribution in [0.25, 0.3) is 11.0 Å². The number of hydrogen-bond acceptors (Lipinski definition) is 5. The highest BCUT2D eigenvalue weighted by atomic mass is 16.5. The summed E-state index contributed by atoms with van der Waals surface area (Å²) in [4.78, 5) is 11.2. The fraction of sp³-hybridized carbons (Fsp3) is 0.500. The van der Waals surface area contributed by atoms with Crippen LogP contribution >= 0.6 is 0 Å². The maximum Gasteiger partial charge on any atom is 0.0931 e. The Hall–Kier alpha value is -1.56. The summed E-state index contributed by atoms with van der Waals surface area (Å²) in [6, 6.07) is 6.16. The average molecular weight is 286 g/mol. The molecule has 0 spiro atoms. The molecule has 1 N–H and O–H groups in total. The topological polar surface area (TPSA) is 50.3 Å². The summed E-state index contributed by atoms with van der Waals surface area (Å²) in [5, 5.41) is 3.51. The SMILES string of the molecule is c1cc(CNCCCN2CCOCC2)c2nccnc2c1. The van der Waals surface area contributed by atoms with Gasteiger partial charge in [-0.05, 0) is 31.1 Å². The van der Waals surface area contributed by atoms with Crippen LogP contribution < -0.4 is 5.32 Å². The molecule has 0 saturated carbocycles. The molecule has 0 unspecified atom stereocenters. The van der Waals surface area contributed by atoms with Crippen molar-refractivity contribution in [1.29, 1.82) is 0 Å². The minimum Gasteiger partial charge on any atom is -0.379 e. The van der Waals surface area contributed by atoms with E-state index in [0.29, 0.717) is 0 Å². The van der Waals surface area contributed by atoms with Crippen LogP contribution in [0.5, 0.6) is 0 Å². The van der Waals surface area contributed by atoms with E-state index in [1.807, 2.05) is 12.1 Å². The lowest BCUT2D eigenvalue weighted by atomic mass is 10.1. The fourth-order valence-electron chi connectivity index (χ4n) is 2.67. The smallest absolute Gasteiger partial charge is 0.0931 e. The number of morpholine rings is 1. The predicted octanol–water partition coefficient (Wildman–Crippen LogP) is 1.44. The van der Waals surface area contributed by atoms with E-state index in [1.165, 1.54) is 5.56 Å². The number of aromatic nitrogens is 2. The molecule has 3 rings (SSSR count). The quantitative estimate of drug-likeness (QED) is 0.814. The summed E-state index contributed by atoms with van der Waals surface area (Å²) in [5.41, 5.74) is 3.18. The Morgan fingerprint density at radius 1 is 1.14 bits per heavy atom. The lowest BCUT2D eigenvalue weighted by molar-refractivity contribution is 0.0374. The zero-order valence-corrected chi connectivity index (χ0v) is 12.3. The zero-order chi connectivity index (χ0) is 14.3.